The molecule has 0 bridgehead atoms. The lowest BCUT2D eigenvalue weighted by molar-refractivity contribution is -0.151. The Balaban J connectivity index is 1.72. The molecule has 1 aliphatic heterocycles. The van der Waals surface area contributed by atoms with Gasteiger partial charge in [-0.05, 0) is 32.1 Å². The number of ether oxygens (including phenoxy) is 1. The summed E-state index contributed by atoms with van der Waals surface area (Å²) in [5.41, 5.74) is 0. The summed E-state index contributed by atoms with van der Waals surface area (Å²) >= 11 is 0. The monoisotopic (exact) mass is 283 g/mol. The van der Waals surface area contributed by atoms with E-state index in [1.165, 1.54) is 32.1 Å². The molecule has 0 spiro atoms. The molecular weight excluding hydrogens is 258 g/mol. The number of carbonyl (C=O) groups excluding carboxylic acids is 1. The van der Waals surface area contributed by atoms with Crippen molar-refractivity contribution in [2.24, 2.45) is 5.92 Å². The van der Waals surface area contributed by atoms with E-state index < -0.39 is 18.2 Å². The minimum atomic E-state index is -0.976. The van der Waals surface area contributed by atoms with Gasteiger partial charge in [-0.1, -0.05) is 32.1 Å². The third kappa shape index (κ3) is 4.20. The Bertz CT molecular complexity index is 352. The first-order valence-electron chi connectivity index (χ1n) is 7.75. The second kappa shape index (κ2) is 7.07. The number of rotatable bonds is 5. The van der Waals surface area contributed by atoms with Gasteiger partial charge in [0.2, 0.25) is 5.91 Å². The van der Waals surface area contributed by atoms with E-state index in [2.05, 4.69) is 5.32 Å². The number of hydrogen-bond acceptors (Lipinski definition) is 3. The smallest absolute Gasteiger partial charge is 0.332 e. The van der Waals surface area contributed by atoms with Crippen LogP contribution in [0.15, 0.2) is 0 Å². The van der Waals surface area contributed by atoms with Crippen LogP contribution in [0.25, 0.3) is 0 Å². The summed E-state index contributed by atoms with van der Waals surface area (Å²) in [6.45, 7) is 2.02. The van der Waals surface area contributed by atoms with Crippen LogP contribution in [0.1, 0.15) is 58.3 Å². The van der Waals surface area contributed by atoms with Gasteiger partial charge in [-0.15, -0.1) is 0 Å². The molecule has 3 atom stereocenters. The van der Waals surface area contributed by atoms with Crippen molar-refractivity contribution in [2.45, 2.75) is 76.5 Å². The van der Waals surface area contributed by atoms with Crippen molar-refractivity contribution < 1.29 is 19.4 Å². The number of amides is 1. The molecular formula is C15H25NO4. The van der Waals surface area contributed by atoms with E-state index in [4.69, 9.17) is 9.84 Å². The first kappa shape index (κ1) is 15.3. The summed E-state index contributed by atoms with van der Waals surface area (Å²) in [6.07, 6.45) is 7.00. The highest BCUT2D eigenvalue weighted by atomic mass is 16.5. The van der Waals surface area contributed by atoms with Gasteiger partial charge in [0.25, 0.3) is 0 Å². The molecule has 0 aromatic heterocycles. The number of carboxylic acids is 1. The van der Waals surface area contributed by atoms with Gasteiger partial charge in [-0.3, -0.25) is 4.79 Å². The summed E-state index contributed by atoms with van der Waals surface area (Å²) in [5.74, 6) is -0.414. The van der Waals surface area contributed by atoms with Crippen LogP contribution in [-0.2, 0) is 14.3 Å². The first-order chi connectivity index (χ1) is 9.56. The average Bonchev–Trinajstić information content (AvgIpc) is 2.89. The molecule has 2 rings (SSSR count). The highest BCUT2D eigenvalue weighted by Gasteiger charge is 2.35. The topological polar surface area (TPSA) is 75.6 Å². The van der Waals surface area contributed by atoms with Gasteiger partial charge >= 0.3 is 5.97 Å². The average molecular weight is 283 g/mol. The SMILES string of the molecule is C[C@H](CC1CCCCC1)NC(=O)[C@@H]1CC[C@H](C(=O)O)O1. The second-order valence-electron chi connectivity index (χ2n) is 6.18. The van der Waals surface area contributed by atoms with Gasteiger partial charge in [0.15, 0.2) is 6.10 Å². The van der Waals surface area contributed by atoms with E-state index >= 15 is 0 Å². The molecule has 0 radical (unpaired) electrons. The van der Waals surface area contributed by atoms with Gasteiger partial charge < -0.3 is 15.2 Å². The molecule has 5 nitrogen and oxygen atoms in total. The van der Waals surface area contributed by atoms with Crippen LogP contribution < -0.4 is 5.32 Å². The summed E-state index contributed by atoms with van der Waals surface area (Å²) < 4.78 is 5.26. The molecule has 20 heavy (non-hydrogen) atoms. The Labute approximate surface area is 120 Å². The molecule has 1 amide bonds. The molecule has 1 heterocycles. The van der Waals surface area contributed by atoms with Crippen molar-refractivity contribution in [1.29, 1.82) is 0 Å². The van der Waals surface area contributed by atoms with Crippen LogP contribution in [0.2, 0.25) is 0 Å². The van der Waals surface area contributed by atoms with E-state index in [1.807, 2.05) is 6.92 Å². The predicted octanol–water partition coefficient (Wildman–Crippen LogP) is 2.09. The minimum Gasteiger partial charge on any atom is -0.479 e. The van der Waals surface area contributed by atoms with Crippen LogP contribution in [0, 0.1) is 5.92 Å². The van der Waals surface area contributed by atoms with Gasteiger partial charge in [0.1, 0.15) is 6.10 Å². The highest BCUT2D eigenvalue weighted by Crippen LogP contribution is 2.27. The molecule has 2 fully saturated rings. The standard InChI is InChI=1S/C15H25NO4/c1-10(9-11-5-3-2-4-6-11)16-14(17)12-7-8-13(20-12)15(18)19/h10-13H,2-9H2,1H3,(H,16,17)(H,18,19)/t10-,12+,13-/m1/s1. The van der Waals surface area contributed by atoms with Crippen molar-refractivity contribution >= 4 is 11.9 Å². The Morgan fingerprint density at radius 2 is 1.80 bits per heavy atom. The maximum Gasteiger partial charge on any atom is 0.332 e. The molecule has 1 saturated carbocycles. The zero-order valence-electron chi connectivity index (χ0n) is 12.1. The molecule has 2 N–H and O–H groups in total. The molecule has 0 aromatic rings. The van der Waals surface area contributed by atoms with Gasteiger partial charge in [0.05, 0.1) is 0 Å². The van der Waals surface area contributed by atoms with Crippen molar-refractivity contribution in [1.82, 2.24) is 5.32 Å². The normalized spacial score (nSPS) is 29.1. The van der Waals surface area contributed by atoms with Gasteiger partial charge in [-0.25, -0.2) is 4.79 Å². The molecule has 1 saturated heterocycles. The Morgan fingerprint density at radius 1 is 1.15 bits per heavy atom. The Morgan fingerprint density at radius 3 is 2.40 bits per heavy atom. The third-order valence-corrected chi connectivity index (χ3v) is 4.39. The van der Waals surface area contributed by atoms with Crippen LogP contribution in [-0.4, -0.2) is 35.2 Å². The van der Waals surface area contributed by atoms with E-state index in [1.54, 1.807) is 0 Å². The predicted molar refractivity (Wildman–Crippen MR) is 74.3 cm³/mol. The van der Waals surface area contributed by atoms with E-state index in [-0.39, 0.29) is 11.9 Å². The fraction of sp³-hybridized carbons (Fsp3) is 0.867. The molecule has 0 unspecified atom stereocenters. The fourth-order valence-electron chi connectivity index (χ4n) is 3.33. The summed E-state index contributed by atoms with van der Waals surface area (Å²) in [5, 5.41) is 11.8. The lowest BCUT2D eigenvalue weighted by atomic mass is 9.85. The molecule has 114 valence electrons. The van der Waals surface area contributed by atoms with Crippen LogP contribution in [0.3, 0.4) is 0 Å². The lowest BCUT2D eigenvalue weighted by Gasteiger charge is -2.25. The number of carbonyl (C=O) groups is 2. The maximum atomic E-state index is 12.0. The molecule has 5 heteroatoms. The Kier molecular flexibility index (Phi) is 5.40. The van der Waals surface area contributed by atoms with Crippen LogP contribution in [0.4, 0.5) is 0 Å². The first-order valence-corrected chi connectivity index (χ1v) is 7.75. The van der Waals surface area contributed by atoms with E-state index in [0.717, 1.165) is 12.3 Å². The summed E-state index contributed by atoms with van der Waals surface area (Å²) in [6, 6.07) is 0.137. The minimum absolute atomic E-state index is 0.137. The molecule has 1 aliphatic carbocycles. The van der Waals surface area contributed by atoms with Crippen LogP contribution in [0.5, 0.6) is 0 Å². The fourth-order valence-corrected chi connectivity index (χ4v) is 3.33. The van der Waals surface area contributed by atoms with Crippen molar-refractivity contribution in [3.8, 4) is 0 Å². The number of hydrogen-bond donors (Lipinski definition) is 2. The third-order valence-electron chi connectivity index (χ3n) is 4.39. The van der Waals surface area contributed by atoms with Gasteiger partial charge in [0, 0.05) is 6.04 Å². The second-order valence-corrected chi connectivity index (χ2v) is 6.18. The van der Waals surface area contributed by atoms with Crippen LogP contribution >= 0.6 is 0 Å². The zero-order valence-corrected chi connectivity index (χ0v) is 12.1. The number of nitrogens with one attached hydrogen (secondary N) is 1. The van der Waals surface area contributed by atoms with E-state index in [9.17, 15) is 9.59 Å². The molecule has 0 aromatic carbocycles. The number of carboxylic acid groups (broad SMARTS) is 1. The Hall–Kier alpha value is -1.10. The van der Waals surface area contributed by atoms with Crippen molar-refractivity contribution in [3.05, 3.63) is 0 Å². The lowest BCUT2D eigenvalue weighted by Crippen LogP contribution is -2.41. The van der Waals surface area contributed by atoms with Gasteiger partial charge in [-0.2, -0.15) is 0 Å². The summed E-state index contributed by atoms with van der Waals surface area (Å²) in [4.78, 5) is 22.8. The van der Waals surface area contributed by atoms with Crippen molar-refractivity contribution in [3.63, 3.8) is 0 Å². The number of aliphatic carboxylic acids is 1. The molecule has 2 aliphatic rings. The maximum absolute atomic E-state index is 12.0. The zero-order chi connectivity index (χ0) is 14.5. The summed E-state index contributed by atoms with van der Waals surface area (Å²) in [7, 11) is 0. The quantitative estimate of drug-likeness (QED) is 0.810. The van der Waals surface area contributed by atoms with E-state index in [0.29, 0.717) is 12.8 Å². The largest absolute Gasteiger partial charge is 0.479 e. The highest BCUT2D eigenvalue weighted by molar-refractivity contribution is 5.82. The van der Waals surface area contributed by atoms with Crippen molar-refractivity contribution in [2.75, 3.05) is 0 Å².